The van der Waals surface area contributed by atoms with Crippen LogP contribution in [-0.4, -0.2) is 40.4 Å². The summed E-state index contributed by atoms with van der Waals surface area (Å²) < 4.78 is 0. The number of nitrogens with one attached hydrogen (secondary N) is 2. The van der Waals surface area contributed by atoms with Crippen LogP contribution in [0.4, 0.5) is 0 Å². The van der Waals surface area contributed by atoms with Crippen LogP contribution in [0.25, 0.3) is 46.4 Å². The Labute approximate surface area is 318 Å². The predicted octanol–water partition coefficient (Wildman–Crippen LogP) is 9.42. The summed E-state index contributed by atoms with van der Waals surface area (Å²) in [6, 6.07) is 53.5. The molecule has 269 valence electrons. The van der Waals surface area contributed by atoms with E-state index in [0.29, 0.717) is 23.0 Å². The first-order chi connectivity index (χ1) is 25.4. The van der Waals surface area contributed by atoms with Gasteiger partial charge >= 0.3 is 0 Å². The average Bonchev–Trinajstić information content (AvgIpc) is 3.98. The van der Waals surface area contributed by atoms with E-state index in [1.807, 2.05) is 42.5 Å². The number of hydrogen-bond acceptors (Lipinski definition) is 6. The van der Waals surface area contributed by atoms with Crippen molar-refractivity contribution in [1.29, 1.82) is 0 Å². The molecule has 0 atom stereocenters. The first-order valence-electron chi connectivity index (χ1n) is 16.0. The van der Waals surface area contributed by atoms with Crippen LogP contribution in [0, 0.1) is 24.3 Å². The molecule has 0 saturated carbocycles. The monoisotopic (exact) mass is 745 g/mol. The molecule has 8 bridgehead atoms. The van der Waals surface area contributed by atoms with E-state index < -0.39 is 0 Å². The number of benzene rings is 4. The Kier molecular flexibility index (Phi) is 15.3. The first kappa shape index (κ1) is 39.0. The smallest absolute Gasteiger partial charge is 0.0659 e. The van der Waals surface area contributed by atoms with Gasteiger partial charge in [-0.25, -0.2) is 9.97 Å². The van der Waals surface area contributed by atoms with E-state index in [9.17, 15) is 0 Å². The Morgan fingerprint density at radius 2 is 0.585 bits per heavy atom. The van der Waals surface area contributed by atoms with Gasteiger partial charge in [0.25, 0.3) is 0 Å². The van der Waals surface area contributed by atoms with Gasteiger partial charge in [-0.3, -0.25) is 0 Å². The predicted molar refractivity (Wildman–Crippen MR) is 207 cm³/mol. The van der Waals surface area contributed by atoms with Gasteiger partial charge in [0.15, 0.2) is 0 Å². The van der Waals surface area contributed by atoms with Crippen molar-refractivity contribution < 1.29 is 37.5 Å². The van der Waals surface area contributed by atoms with E-state index in [1.165, 1.54) is 0 Å². The number of phenols is 4. The zero-order valence-electron chi connectivity index (χ0n) is 28.2. The quantitative estimate of drug-likeness (QED) is 0.0676. The molecule has 9 rings (SSSR count). The summed E-state index contributed by atoms with van der Waals surface area (Å²) in [7, 11) is 0. The maximum absolute atomic E-state index is 8.61. The van der Waals surface area contributed by atoms with Crippen molar-refractivity contribution in [3.8, 4) is 23.0 Å². The fourth-order valence-electron chi connectivity index (χ4n) is 4.46. The minimum Gasteiger partial charge on any atom is -0.533 e. The summed E-state index contributed by atoms with van der Waals surface area (Å²) in [5.41, 5.74) is 7.86. The second-order valence-electron chi connectivity index (χ2n) is 10.9. The van der Waals surface area contributed by atoms with Crippen molar-refractivity contribution in [2.24, 2.45) is 0 Å². The van der Waals surface area contributed by atoms with Crippen molar-refractivity contribution in [2.45, 2.75) is 0 Å². The maximum atomic E-state index is 8.61. The summed E-state index contributed by atoms with van der Waals surface area (Å²) in [6.45, 7) is 0. The van der Waals surface area contributed by atoms with Crippen LogP contribution in [-0.2, 0) is 17.1 Å². The molecule has 0 spiro atoms. The minimum absolute atomic E-state index is 0. The molecule has 9 heteroatoms. The molecule has 1 radical (unpaired) electrons. The molecule has 0 unspecified atom stereocenters. The summed E-state index contributed by atoms with van der Waals surface area (Å²) in [4.78, 5) is 16.0. The van der Waals surface area contributed by atoms with Gasteiger partial charge in [0.1, 0.15) is 0 Å². The Balaban J connectivity index is 0.000000176. The molecule has 0 fully saturated rings. The van der Waals surface area contributed by atoms with E-state index in [4.69, 9.17) is 20.4 Å². The number of fused-ring (bicyclic) bond motifs is 8. The molecule has 2 aliphatic heterocycles. The van der Waals surface area contributed by atoms with Crippen molar-refractivity contribution in [3.05, 3.63) is 193 Å². The van der Waals surface area contributed by atoms with E-state index >= 15 is 0 Å². The fourth-order valence-corrected chi connectivity index (χ4v) is 4.46. The summed E-state index contributed by atoms with van der Waals surface area (Å²) in [5.74, 6) is 1.16. The Morgan fingerprint density at radius 3 is 0.830 bits per heavy atom. The zero-order chi connectivity index (χ0) is 36.4. The number of rotatable bonds is 0. The van der Waals surface area contributed by atoms with Gasteiger partial charge in [-0.2, -0.15) is 72.8 Å². The van der Waals surface area contributed by atoms with E-state index in [0.717, 1.165) is 44.8 Å². The van der Waals surface area contributed by atoms with Gasteiger partial charge < -0.3 is 30.4 Å². The van der Waals surface area contributed by atoms with Gasteiger partial charge in [0, 0.05) is 62.1 Å². The molecule has 2 aliphatic rings. The van der Waals surface area contributed by atoms with Crippen molar-refractivity contribution in [3.63, 3.8) is 0 Å². The van der Waals surface area contributed by atoms with Crippen LogP contribution in [0.1, 0.15) is 22.8 Å². The number of aromatic hydroxyl groups is 4. The third-order valence-corrected chi connectivity index (χ3v) is 6.84. The number of hydrogen-bond donors (Lipinski definition) is 6. The van der Waals surface area contributed by atoms with E-state index in [2.05, 4.69) is 74.5 Å². The largest absolute Gasteiger partial charge is 0.533 e. The molecular weight excluding hydrogens is 712 g/mol. The van der Waals surface area contributed by atoms with Crippen molar-refractivity contribution in [2.75, 3.05) is 0 Å². The van der Waals surface area contributed by atoms with Gasteiger partial charge in [-0.1, -0.05) is 0 Å². The average molecular weight is 746 g/mol. The third kappa shape index (κ3) is 14.2. The molecule has 0 saturated heterocycles. The number of H-pyrrole nitrogens is 2. The molecule has 5 heterocycles. The number of aromatic amines is 2. The molecule has 0 amide bonds. The Bertz CT molecular complexity index is 2110. The van der Waals surface area contributed by atoms with Crippen LogP contribution in [0.5, 0.6) is 23.0 Å². The van der Waals surface area contributed by atoms with Gasteiger partial charge in [0.05, 0.1) is 22.8 Å². The van der Waals surface area contributed by atoms with Gasteiger partial charge in [0.2, 0.25) is 0 Å². The Morgan fingerprint density at radius 1 is 0.340 bits per heavy atom. The molecule has 3 aromatic heterocycles. The summed E-state index contributed by atoms with van der Waals surface area (Å²) >= 11 is 0. The SMILES string of the molecule is C1=Cc2cc3ccc(cc4ccc(cc5nc(cc1n2)C=C5)[nH]4)[nH]3.Oc1cc[c-]cc1.Oc1cc[c-]cc1.Oc1cc[c-]cc1.Oc1cc[c-]cc1.[Cu]. The normalized spacial score (nSPS) is 10.3. The molecular formula is C44H34CuN4O4-4. The Hall–Kier alpha value is -6.80. The van der Waals surface area contributed by atoms with Crippen LogP contribution in [0.2, 0.25) is 0 Å². The van der Waals surface area contributed by atoms with Crippen LogP contribution >= 0.6 is 0 Å². The molecule has 0 aliphatic carbocycles. The first-order valence-corrected chi connectivity index (χ1v) is 16.0. The molecule has 53 heavy (non-hydrogen) atoms. The number of aromatic nitrogens is 4. The summed E-state index contributed by atoms with van der Waals surface area (Å²) in [5, 5.41) is 34.4. The fraction of sp³-hybridized carbons (Fsp3) is 0. The van der Waals surface area contributed by atoms with Crippen LogP contribution in [0.3, 0.4) is 0 Å². The van der Waals surface area contributed by atoms with Gasteiger partial charge in [-0.15, -0.1) is 48.5 Å². The molecule has 4 aromatic carbocycles. The van der Waals surface area contributed by atoms with Crippen LogP contribution < -0.4 is 0 Å². The van der Waals surface area contributed by atoms with Crippen LogP contribution in [0.15, 0.2) is 146 Å². The standard InChI is InChI=1S/C20H14N4.4C6H5O.Cu/c1-2-14-10-16-5-6-18(23-16)12-20-8-7-19(24-20)11-17-4-3-15(22-17)9-13(1)21-14;4*7-6-4-2-1-3-5-6;/h1-12,21-22H;4*2-5,7H;/q;4*-1;. The number of nitrogens with zero attached hydrogens (tertiary/aromatic N) is 2. The van der Waals surface area contributed by atoms with Gasteiger partial charge in [-0.05, 0) is 72.8 Å². The van der Waals surface area contributed by atoms with E-state index in [1.54, 1.807) is 97.1 Å². The maximum Gasteiger partial charge on any atom is 0.0659 e. The topological polar surface area (TPSA) is 138 Å². The minimum atomic E-state index is 0. The second kappa shape index (κ2) is 20.8. The van der Waals surface area contributed by atoms with Crippen molar-refractivity contribution in [1.82, 2.24) is 19.9 Å². The second-order valence-corrected chi connectivity index (χ2v) is 10.9. The summed E-state index contributed by atoms with van der Waals surface area (Å²) in [6.07, 6.45) is 8.05. The van der Waals surface area contributed by atoms with Crippen molar-refractivity contribution >= 4 is 46.4 Å². The zero-order valence-corrected chi connectivity index (χ0v) is 29.1. The van der Waals surface area contributed by atoms with E-state index in [-0.39, 0.29) is 17.1 Å². The third-order valence-electron chi connectivity index (χ3n) is 6.84. The number of phenolic OH excluding ortho intramolecular Hbond substituents is 4. The molecule has 6 N–H and O–H groups in total. The molecule has 7 aromatic rings. The molecule has 8 nitrogen and oxygen atoms in total.